The van der Waals surface area contributed by atoms with Crippen molar-refractivity contribution in [1.29, 1.82) is 0 Å². The molecule has 0 amide bonds. The molecule has 0 atom stereocenters. The Hall–Kier alpha value is -0.120. The van der Waals surface area contributed by atoms with E-state index < -0.39 is 5.66 Å². The Balaban J connectivity index is 2.34. The van der Waals surface area contributed by atoms with Crippen LogP contribution in [-0.2, 0) is 0 Å². The van der Waals surface area contributed by atoms with Gasteiger partial charge >= 0.3 is 0 Å². The van der Waals surface area contributed by atoms with Crippen LogP contribution in [0.4, 0.5) is 0 Å². The van der Waals surface area contributed by atoms with Crippen LogP contribution in [0.5, 0.6) is 0 Å². The molecule has 13 heavy (non-hydrogen) atoms. The quantitative estimate of drug-likeness (QED) is 0.560. The molecule has 0 unspecified atom stereocenters. The summed E-state index contributed by atoms with van der Waals surface area (Å²) in [6.07, 6.45) is 5.48. The SMILES string of the molecule is CC(N)(N)CC1CCC(C)(N)CC1. The Kier molecular flexibility index (Phi) is 3.00. The van der Waals surface area contributed by atoms with E-state index in [-0.39, 0.29) is 5.54 Å². The number of hydrogen-bond acceptors (Lipinski definition) is 3. The summed E-state index contributed by atoms with van der Waals surface area (Å²) in [4.78, 5) is 0. The van der Waals surface area contributed by atoms with Gasteiger partial charge in [0.05, 0.1) is 5.66 Å². The van der Waals surface area contributed by atoms with Gasteiger partial charge in [0.2, 0.25) is 0 Å². The van der Waals surface area contributed by atoms with E-state index in [0.717, 1.165) is 19.3 Å². The molecule has 78 valence electrons. The molecule has 1 aliphatic carbocycles. The smallest absolute Gasteiger partial charge is 0.0610 e. The first-order chi connectivity index (χ1) is 5.79. The van der Waals surface area contributed by atoms with Crippen LogP contribution in [0.2, 0.25) is 0 Å². The van der Waals surface area contributed by atoms with Gasteiger partial charge in [0.25, 0.3) is 0 Å². The van der Waals surface area contributed by atoms with Gasteiger partial charge in [0, 0.05) is 5.54 Å². The average Bonchev–Trinajstić information content (AvgIpc) is 1.91. The second-order valence-corrected chi connectivity index (χ2v) is 5.31. The van der Waals surface area contributed by atoms with Gasteiger partial charge in [-0.2, -0.15) is 0 Å². The summed E-state index contributed by atoms with van der Waals surface area (Å²) in [5.74, 6) is 0.677. The predicted molar refractivity (Wildman–Crippen MR) is 55.9 cm³/mol. The largest absolute Gasteiger partial charge is 0.325 e. The highest BCUT2D eigenvalue weighted by atomic mass is 14.9. The van der Waals surface area contributed by atoms with Crippen molar-refractivity contribution in [3.8, 4) is 0 Å². The maximum atomic E-state index is 6.04. The lowest BCUT2D eigenvalue weighted by atomic mass is 9.75. The van der Waals surface area contributed by atoms with E-state index in [1.165, 1.54) is 12.8 Å². The standard InChI is InChI=1S/C10H23N3/c1-9(11)5-3-8(4-6-9)7-10(2,12)13/h8H,3-7,11-13H2,1-2H3. The van der Waals surface area contributed by atoms with Crippen LogP contribution in [0.25, 0.3) is 0 Å². The summed E-state index contributed by atoms with van der Waals surface area (Å²) >= 11 is 0. The van der Waals surface area contributed by atoms with Gasteiger partial charge in [-0.05, 0) is 51.9 Å². The minimum atomic E-state index is -0.507. The van der Waals surface area contributed by atoms with Gasteiger partial charge < -0.3 is 17.2 Å². The topological polar surface area (TPSA) is 78.1 Å². The molecule has 0 heterocycles. The molecular formula is C10H23N3. The molecule has 1 fully saturated rings. The summed E-state index contributed by atoms with van der Waals surface area (Å²) in [5, 5.41) is 0. The Morgan fingerprint density at radius 1 is 1.31 bits per heavy atom. The molecule has 0 bridgehead atoms. The molecule has 0 aromatic carbocycles. The Bertz CT molecular complexity index is 159. The summed E-state index contributed by atoms with van der Waals surface area (Å²) in [6, 6.07) is 0. The molecule has 1 aliphatic rings. The van der Waals surface area contributed by atoms with E-state index in [1.54, 1.807) is 0 Å². The maximum Gasteiger partial charge on any atom is 0.0610 e. The summed E-state index contributed by atoms with van der Waals surface area (Å²) < 4.78 is 0. The third-order valence-electron chi connectivity index (χ3n) is 2.98. The monoisotopic (exact) mass is 185 g/mol. The lowest BCUT2D eigenvalue weighted by Crippen LogP contribution is -2.49. The first-order valence-electron chi connectivity index (χ1n) is 5.15. The van der Waals surface area contributed by atoms with Crippen molar-refractivity contribution in [2.24, 2.45) is 23.1 Å². The zero-order valence-electron chi connectivity index (χ0n) is 8.84. The Morgan fingerprint density at radius 3 is 2.15 bits per heavy atom. The molecule has 0 aliphatic heterocycles. The predicted octanol–water partition coefficient (Wildman–Crippen LogP) is 0.918. The highest BCUT2D eigenvalue weighted by Gasteiger charge is 2.29. The maximum absolute atomic E-state index is 6.04. The molecule has 3 nitrogen and oxygen atoms in total. The zero-order chi connectivity index (χ0) is 10.1. The van der Waals surface area contributed by atoms with Crippen molar-refractivity contribution in [3.63, 3.8) is 0 Å². The Labute approximate surface area is 81.0 Å². The molecule has 1 rings (SSSR count). The van der Waals surface area contributed by atoms with Crippen LogP contribution in [0.3, 0.4) is 0 Å². The van der Waals surface area contributed by atoms with Gasteiger partial charge in [-0.15, -0.1) is 0 Å². The van der Waals surface area contributed by atoms with Gasteiger partial charge in [-0.3, -0.25) is 0 Å². The first kappa shape index (κ1) is 11.0. The third kappa shape index (κ3) is 4.07. The first-order valence-corrected chi connectivity index (χ1v) is 5.15. The van der Waals surface area contributed by atoms with Crippen molar-refractivity contribution >= 4 is 0 Å². The van der Waals surface area contributed by atoms with E-state index >= 15 is 0 Å². The second kappa shape index (κ2) is 3.56. The number of rotatable bonds is 2. The van der Waals surface area contributed by atoms with Gasteiger partial charge in [-0.1, -0.05) is 0 Å². The summed E-state index contributed by atoms with van der Waals surface area (Å²) in [5.41, 5.74) is 17.1. The van der Waals surface area contributed by atoms with Crippen LogP contribution in [0, 0.1) is 5.92 Å². The zero-order valence-corrected chi connectivity index (χ0v) is 8.84. The fourth-order valence-corrected chi connectivity index (χ4v) is 2.16. The van der Waals surface area contributed by atoms with Crippen LogP contribution in [0.15, 0.2) is 0 Å². The lowest BCUT2D eigenvalue weighted by Gasteiger charge is -2.36. The van der Waals surface area contributed by atoms with Crippen molar-refractivity contribution in [2.45, 2.75) is 57.2 Å². The number of hydrogen-bond donors (Lipinski definition) is 3. The average molecular weight is 185 g/mol. The molecule has 0 saturated heterocycles. The van der Waals surface area contributed by atoms with Gasteiger partial charge in [0.1, 0.15) is 0 Å². The van der Waals surface area contributed by atoms with Crippen molar-refractivity contribution in [2.75, 3.05) is 0 Å². The highest BCUT2D eigenvalue weighted by molar-refractivity contribution is 4.87. The van der Waals surface area contributed by atoms with E-state index in [0.29, 0.717) is 5.92 Å². The molecule has 0 aromatic rings. The summed E-state index contributed by atoms with van der Waals surface area (Å²) in [7, 11) is 0. The Morgan fingerprint density at radius 2 is 1.77 bits per heavy atom. The minimum absolute atomic E-state index is 0.0517. The van der Waals surface area contributed by atoms with Crippen LogP contribution < -0.4 is 17.2 Å². The fraction of sp³-hybridized carbons (Fsp3) is 1.00. The molecule has 3 heteroatoms. The molecule has 6 N–H and O–H groups in total. The van der Waals surface area contributed by atoms with E-state index in [1.807, 2.05) is 6.92 Å². The third-order valence-corrected chi connectivity index (χ3v) is 2.98. The molecule has 1 saturated carbocycles. The second-order valence-electron chi connectivity index (χ2n) is 5.31. The van der Waals surface area contributed by atoms with Gasteiger partial charge in [-0.25, -0.2) is 0 Å². The van der Waals surface area contributed by atoms with E-state index in [9.17, 15) is 0 Å². The van der Waals surface area contributed by atoms with Crippen molar-refractivity contribution in [3.05, 3.63) is 0 Å². The lowest BCUT2D eigenvalue weighted by molar-refractivity contribution is 0.212. The molecule has 0 aromatic heterocycles. The van der Waals surface area contributed by atoms with Gasteiger partial charge in [0.15, 0.2) is 0 Å². The fourth-order valence-electron chi connectivity index (χ4n) is 2.16. The minimum Gasteiger partial charge on any atom is -0.325 e. The van der Waals surface area contributed by atoms with Crippen LogP contribution in [0.1, 0.15) is 46.0 Å². The van der Waals surface area contributed by atoms with E-state index in [2.05, 4.69) is 6.92 Å². The normalized spacial score (nSPS) is 36.2. The molecule has 0 spiro atoms. The molecular weight excluding hydrogens is 162 g/mol. The van der Waals surface area contributed by atoms with Crippen molar-refractivity contribution < 1.29 is 0 Å². The molecule has 0 radical (unpaired) electrons. The highest BCUT2D eigenvalue weighted by Crippen LogP contribution is 2.33. The number of nitrogens with two attached hydrogens (primary N) is 3. The van der Waals surface area contributed by atoms with Crippen LogP contribution >= 0.6 is 0 Å². The van der Waals surface area contributed by atoms with Crippen molar-refractivity contribution in [1.82, 2.24) is 0 Å². The van der Waals surface area contributed by atoms with E-state index in [4.69, 9.17) is 17.2 Å². The summed E-state index contributed by atoms with van der Waals surface area (Å²) in [6.45, 7) is 4.02. The van der Waals surface area contributed by atoms with Crippen LogP contribution in [-0.4, -0.2) is 11.2 Å².